The van der Waals surface area contributed by atoms with Gasteiger partial charge in [-0.3, -0.25) is 9.59 Å². The van der Waals surface area contributed by atoms with Gasteiger partial charge in [-0.2, -0.15) is 0 Å². The number of carboxylic acid groups (broad SMARTS) is 1. The largest absolute Gasteiger partial charge is 0.493 e. The normalized spacial score (nSPS) is 22.3. The van der Waals surface area contributed by atoms with Crippen LogP contribution in [0.4, 0.5) is 0 Å². The molecule has 2 aliphatic carbocycles. The van der Waals surface area contributed by atoms with E-state index in [-0.39, 0.29) is 33.7 Å². The number of dihydropyridines is 1. The number of hydrogen-bond donors (Lipinski definition) is 2. The summed E-state index contributed by atoms with van der Waals surface area (Å²) in [6.45, 7) is 10.4. The van der Waals surface area contributed by atoms with E-state index in [0.717, 1.165) is 11.4 Å². The second-order valence-corrected chi connectivity index (χ2v) is 10.7. The number of allylic oxidation sites excluding steroid dienone is 4. The minimum absolute atomic E-state index is 0.0173. The van der Waals surface area contributed by atoms with Crippen molar-refractivity contribution in [1.82, 2.24) is 5.32 Å². The van der Waals surface area contributed by atoms with Gasteiger partial charge in [0, 0.05) is 41.3 Å². The first-order chi connectivity index (χ1) is 14.9. The Morgan fingerprint density at radius 2 is 1.53 bits per heavy atom. The third-order valence-electron chi connectivity index (χ3n) is 6.59. The summed E-state index contributed by atoms with van der Waals surface area (Å²) in [7, 11) is 0. The van der Waals surface area contributed by atoms with E-state index >= 15 is 0 Å². The van der Waals surface area contributed by atoms with Crippen molar-refractivity contribution in [3.8, 4) is 5.75 Å². The van der Waals surface area contributed by atoms with E-state index in [9.17, 15) is 19.5 Å². The maximum absolute atomic E-state index is 13.4. The minimum atomic E-state index is -1.10. The summed E-state index contributed by atoms with van der Waals surface area (Å²) in [5.74, 6) is -1.33. The van der Waals surface area contributed by atoms with E-state index in [2.05, 4.69) is 33.0 Å². The van der Waals surface area contributed by atoms with Crippen LogP contribution >= 0.6 is 0 Å². The zero-order valence-electron chi connectivity index (χ0n) is 19.4. The van der Waals surface area contributed by atoms with Crippen molar-refractivity contribution in [3.05, 3.63) is 51.9 Å². The summed E-state index contributed by atoms with van der Waals surface area (Å²) in [4.78, 5) is 38.6. The van der Waals surface area contributed by atoms with Gasteiger partial charge in [-0.1, -0.05) is 33.8 Å². The van der Waals surface area contributed by atoms with Crippen LogP contribution in [-0.4, -0.2) is 29.2 Å². The molecule has 0 atom stereocenters. The zero-order valence-corrected chi connectivity index (χ0v) is 19.4. The highest BCUT2D eigenvalue weighted by molar-refractivity contribution is 6.07. The van der Waals surface area contributed by atoms with E-state index in [0.29, 0.717) is 49.0 Å². The molecule has 0 unspecified atom stereocenters. The third-order valence-corrected chi connectivity index (χ3v) is 6.59. The van der Waals surface area contributed by atoms with Crippen LogP contribution in [0.1, 0.15) is 82.1 Å². The van der Waals surface area contributed by atoms with Crippen molar-refractivity contribution in [1.29, 1.82) is 0 Å². The molecule has 6 heteroatoms. The fourth-order valence-electron chi connectivity index (χ4n) is 5.40. The number of carboxylic acids is 1. The average molecular weight is 438 g/mol. The first-order valence-corrected chi connectivity index (χ1v) is 11.2. The number of ketones is 2. The van der Waals surface area contributed by atoms with Crippen LogP contribution in [0.2, 0.25) is 0 Å². The molecular weight excluding hydrogens is 406 g/mol. The van der Waals surface area contributed by atoms with E-state index < -0.39 is 11.9 Å². The van der Waals surface area contributed by atoms with Crippen LogP contribution in [0, 0.1) is 10.8 Å². The Morgan fingerprint density at radius 3 is 2.00 bits per heavy atom. The molecule has 4 rings (SSSR count). The molecule has 1 heterocycles. The van der Waals surface area contributed by atoms with Crippen LogP contribution in [0.15, 0.2) is 40.7 Å². The summed E-state index contributed by atoms with van der Waals surface area (Å²) in [6.07, 6.45) is 2.21. The average Bonchev–Trinajstić information content (AvgIpc) is 2.64. The lowest BCUT2D eigenvalue weighted by atomic mass is 9.64. The monoisotopic (exact) mass is 437 g/mol. The van der Waals surface area contributed by atoms with Crippen LogP contribution < -0.4 is 10.1 Å². The molecule has 170 valence electrons. The first kappa shape index (κ1) is 22.3. The molecule has 1 aromatic rings. The lowest BCUT2D eigenvalue weighted by molar-refractivity contribution is -0.119. The quantitative estimate of drug-likeness (QED) is 0.706. The molecule has 0 fully saturated rings. The summed E-state index contributed by atoms with van der Waals surface area (Å²) in [5.41, 5.74) is 3.29. The Bertz CT molecular complexity index is 1040. The van der Waals surface area contributed by atoms with Gasteiger partial charge in [0.05, 0.1) is 6.61 Å². The zero-order chi connectivity index (χ0) is 23.4. The molecule has 0 saturated carbocycles. The molecule has 6 nitrogen and oxygen atoms in total. The molecule has 3 aliphatic rings. The van der Waals surface area contributed by atoms with Crippen molar-refractivity contribution < 1.29 is 24.2 Å². The number of rotatable bonds is 4. The predicted octanol–water partition coefficient (Wildman–Crippen LogP) is 4.76. The number of ether oxygens (including phenoxy) is 1. The van der Waals surface area contributed by atoms with Gasteiger partial charge >= 0.3 is 5.97 Å². The van der Waals surface area contributed by atoms with Gasteiger partial charge < -0.3 is 15.2 Å². The van der Waals surface area contributed by atoms with Crippen molar-refractivity contribution >= 4 is 17.5 Å². The number of aromatic carboxylic acids is 1. The highest BCUT2D eigenvalue weighted by atomic mass is 16.5. The number of hydrogen-bond acceptors (Lipinski definition) is 5. The Labute approximate surface area is 188 Å². The fraction of sp³-hybridized carbons (Fsp3) is 0.500. The third kappa shape index (κ3) is 3.87. The SMILES string of the molecule is CCOc1ccc(C2C3=C(CC(C)(C)CC3=O)NC3=C2C(=O)CC(C)(C)C3)cc1C(=O)O. The van der Waals surface area contributed by atoms with Crippen molar-refractivity contribution in [2.45, 2.75) is 66.2 Å². The Balaban J connectivity index is 1.92. The second kappa shape index (κ2) is 7.61. The van der Waals surface area contributed by atoms with E-state index in [1.165, 1.54) is 0 Å². The van der Waals surface area contributed by atoms with Gasteiger partial charge in [0.15, 0.2) is 11.6 Å². The van der Waals surface area contributed by atoms with Crippen molar-refractivity contribution in [2.24, 2.45) is 10.8 Å². The summed E-state index contributed by atoms with van der Waals surface area (Å²) in [5, 5.41) is 13.2. The molecule has 1 aromatic carbocycles. The van der Waals surface area contributed by atoms with Crippen molar-refractivity contribution in [3.63, 3.8) is 0 Å². The number of benzene rings is 1. The number of nitrogens with one attached hydrogen (secondary N) is 1. The maximum atomic E-state index is 13.4. The van der Waals surface area contributed by atoms with Gasteiger partial charge in [0.2, 0.25) is 0 Å². The summed E-state index contributed by atoms with van der Waals surface area (Å²) < 4.78 is 5.50. The predicted molar refractivity (Wildman–Crippen MR) is 121 cm³/mol. The Kier molecular flexibility index (Phi) is 5.30. The highest BCUT2D eigenvalue weighted by Gasteiger charge is 2.46. The van der Waals surface area contributed by atoms with Crippen LogP contribution in [-0.2, 0) is 9.59 Å². The second-order valence-electron chi connectivity index (χ2n) is 10.7. The van der Waals surface area contributed by atoms with E-state index in [4.69, 9.17) is 4.74 Å². The van der Waals surface area contributed by atoms with Crippen molar-refractivity contribution in [2.75, 3.05) is 6.61 Å². The standard InChI is InChI=1S/C26H31NO5/c1-6-32-20-8-7-14(9-15(20)24(30)31)21-22-16(10-25(2,3)12-18(22)28)27-17-11-26(4,5)13-19(29)23(17)21/h7-9,21,27H,6,10-13H2,1-5H3,(H,30,31). The first-order valence-electron chi connectivity index (χ1n) is 11.2. The molecule has 0 aromatic heterocycles. The maximum Gasteiger partial charge on any atom is 0.339 e. The highest BCUT2D eigenvalue weighted by Crippen LogP contribution is 2.51. The smallest absolute Gasteiger partial charge is 0.339 e. The van der Waals surface area contributed by atoms with Gasteiger partial charge in [-0.05, 0) is 48.3 Å². The minimum Gasteiger partial charge on any atom is -0.493 e. The van der Waals surface area contributed by atoms with Gasteiger partial charge in [0.25, 0.3) is 0 Å². The molecular formula is C26H31NO5. The molecule has 1 aliphatic heterocycles. The molecule has 2 N–H and O–H groups in total. The topological polar surface area (TPSA) is 92.7 Å². The van der Waals surface area contributed by atoms with E-state index in [1.807, 2.05) is 0 Å². The van der Waals surface area contributed by atoms with Crippen LogP contribution in [0.25, 0.3) is 0 Å². The van der Waals surface area contributed by atoms with Gasteiger partial charge in [0.1, 0.15) is 11.3 Å². The number of Topliss-reactive ketones (excluding diaryl/α,β-unsaturated/α-hetero) is 2. The van der Waals surface area contributed by atoms with Crippen LogP contribution in [0.5, 0.6) is 5.75 Å². The molecule has 0 amide bonds. The molecule has 0 bridgehead atoms. The Morgan fingerprint density at radius 1 is 1.00 bits per heavy atom. The molecule has 0 spiro atoms. The molecule has 0 saturated heterocycles. The summed E-state index contributed by atoms with van der Waals surface area (Å²) in [6, 6.07) is 5.00. The molecule has 0 radical (unpaired) electrons. The van der Waals surface area contributed by atoms with Gasteiger partial charge in [-0.25, -0.2) is 4.79 Å². The lowest BCUT2D eigenvalue weighted by Gasteiger charge is -2.44. The van der Waals surface area contributed by atoms with Crippen LogP contribution in [0.3, 0.4) is 0 Å². The summed E-state index contributed by atoms with van der Waals surface area (Å²) >= 11 is 0. The van der Waals surface area contributed by atoms with E-state index in [1.54, 1.807) is 25.1 Å². The number of carbonyl (C=O) groups excluding carboxylic acids is 2. The number of carbonyl (C=O) groups is 3. The molecule has 32 heavy (non-hydrogen) atoms. The lowest BCUT2D eigenvalue weighted by Crippen LogP contribution is -2.42. The fourth-order valence-corrected chi connectivity index (χ4v) is 5.40. The Hall–Kier alpha value is -2.89. The van der Waals surface area contributed by atoms with Gasteiger partial charge in [-0.15, -0.1) is 0 Å².